The van der Waals surface area contributed by atoms with Crippen LogP contribution in [0, 0.1) is 5.41 Å². The molecule has 0 radical (unpaired) electrons. The summed E-state index contributed by atoms with van der Waals surface area (Å²) in [6, 6.07) is 0. The Kier molecular flexibility index (Phi) is 5.11. The van der Waals surface area contributed by atoms with Crippen LogP contribution in [0.2, 0.25) is 0 Å². The van der Waals surface area contributed by atoms with Crippen molar-refractivity contribution in [1.29, 1.82) is 0 Å². The summed E-state index contributed by atoms with van der Waals surface area (Å²) in [5.74, 6) is -0.760. The van der Waals surface area contributed by atoms with Crippen molar-refractivity contribution in [3.8, 4) is 0 Å². The van der Waals surface area contributed by atoms with E-state index in [0.717, 1.165) is 6.42 Å². The minimum absolute atomic E-state index is 0.484. The number of rotatable bonds is 5. The first-order valence-electron chi connectivity index (χ1n) is 4.99. The summed E-state index contributed by atoms with van der Waals surface area (Å²) in [5, 5.41) is 0. The van der Waals surface area contributed by atoms with Gasteiger partial charge in [-0.05, 0) is 19.8 Å². The van der Waals surface area contributed by atoms with Gasteiger partial charge < -0.3 is 4.74 Å². The van der Waals surface area contributed by atoms with Crippen molar-refractivity contribution in [3.05, 3.63) is 0 Å². The van der Waals surface area contributed by atoms with Crippen LogP contribution < -0.4 is 0 Å². The highest BCUT2D eigenvalue weighted by atomic mass is 19.4. The van der Waals surface area contributed by atoms with Crippen molar-refractivity contribution in [2.45, 2.75) is 46.2 Å². The first kappa shape index (κ1) is 14.3. The number of hydrogen-bond donors (Lipinski definition) is 0. The maximum atomic E-state index is 11.8. The van der Waals surface area contributed by atoms with E-state index >= 15 is 0 Å². The second-order valence-corrected chi connectivity index (χ2v) is 3.86. The average molecular weight is 226 g/mol. The SMILES string of the molecule is CCCC(C)(CC)C(=O)OCC(F)(F)F. The van der Waals surface area contributed by atoms with Gasteiger partial charge in [0.1, 0.15) is 0 Å². The number of esters is 1. The van der Waals surface area contributed by atoms with E-state index in [-0.39, 0.29) is 0 Å². The van der Waals surface area contributed by atoms with Gasteiger partial charge >= 0.3 is 12.1 Å². The Morgan fingerprint density at radius 2 is 1.80 bits per heavy atom. The Labute approximate surface area is 87.8 Å². The number of carbonyl (C=O) groups is 1. The summed E-state index contributed by atoms with van der Waals surface area (Å²) in [6.45, 7) is 3.79. The monoisotopic (exact) mass is 226 g/mol. The number of alkyl halides is 3. The van der Waals surface area contributed by atoms with E-state index in [4.69, 9.17) is 0 Å². The van der Waals surface area contributed by atoms with E-state index < -0.39 is 24.2 Å². The Morgan fingerprint density at radius 3 is 2.13 bits per heavy atom. The Balaban J connectivity index is 4.28. The van der Waals surface area contributed by atoms with Crippen LogP contribution in [0.5, 0.6) is 0 Å². The summed E-state index contributed by atoms with van der Waals surface area (Å²) in [4.78, 5) is 11.4. The molecule has 90 valence electrons. The van der Waals surface area contributed by atoms with Crippen molar-refractivity contribution in [1.82, 2.24) is 0 Å². The predicted molar refractivity (Wildman–Crippen MR) is 50.3 cm³/mol. The number of hydrogen-bond acceptors (Lipinski definition) is 2. The molecule has 1 unspecified atom stereocenters. The molecule has 0 amide bonds. The number of halogens is 3. The lowest BCUT2D eigenvalue weighted by Gasteiger charge is -2.25. The van der Waals surface area contributed by atoms with E-state index in [1.54, 1.807) is 13.8 Å². The Morgan fingerprint density at radius 1 is 1.27 bits per heavy atom. The lowest BCUT2D eigenvalue weighted by atomic mass is 9.83. The van der Waals surface area contributed by atoms with Gasteiger partial charge in [0.05, 0.1) is 5.41 Å². The third kappa shape index (κ3) is 5.04. The highest BCUT2D eigenvalue weighted by molar-refractivity contribution is 5.76. The molecule has 2 nitrogen and oxygen atoms in total. The molecule has 0 fully saturated rings. The molecular formula is C10H17F3O2. The maximum Gasteiger partial charge on any atom is 0.422 e. The molecule has 0 aliphatic heterocycles. The van der Waals surface area contributed by atoms with Crippen LogP contribution in [0.3, 0.4) is 0 Å². The number of ether oxygens (including phenoxy) is 1. The van der Waals surface area contributed by atoms with Crippen LogP contribution >= 0.6 is 0 Å². The van der Waals surface area contributed by atoms with Crippen molar-refractivity contribution in [3.63, 3.8) is 0 Å². The summed E-state index contributed by atoms with van der Waals surface area (Å²) >= 11 is 0. The van der Waals surface area contributed by atoms with Gasteiger partial charge in [0, 0.05) is 0 Å². The molecule has 5 heteroatoms. The summed E-state index contributed by atoms with van der Waals surface area (Å²) in [6.07, 6.45) is -2.68. The van der Waals surface area contributed by atoms with E-state index in [1.807, 2.05) is 6.92 Å². The van der Waals surface area contributed by atoms with Crippen LogP contribution in [-0.4, -0.2) is 18.8 Å². The summed E-state index contributed by atoms with van der Waals surface area (Å²) in [5.41, 5.74) is -0.792. The molecule has 0 spiro atoms. The average Bonchev–Trinajstić information content (AvgIpc) is 2.13. The third-order valence-electron chi connectivity index (χ3n) is 2.44. The van der Waals surface area contributed by atoms with Gasteiger partial charge in [0.15, 0.2) is 6.61 Å². The van der Waals surface area contributed by atoms with Gasteiger partial charge in [-0.2, -0.15) is 13.2 Å². The van der Waals surface area contributed by atoms with Crippen LogP contribution in [-0.2, 0) is 9.53 Å². The molecular weight excluding hydrogens is 209 g/mol. The highest BCUT2D eigenvalue weighted by Crippen LogP contribution is 2.29. The normalized spacial score (nSPS) is 15.9. The highest BCUT2D eigenvalue weighted by Gasteiger charge is 2.36. The zero-order valence-corrected chi connectivity index (χ0v) is 9.28. The molecule has 1 atom stereocenters. The molecule has 0 aliphatic carbocycles. The molecule has 0 bridgehead atoms. The van der Waals surface area contributed by atoms with Gasteiger partial charge in [-0.25, -0.2) is 0 Å². The summed E-state index contributed by atoms with van der Waals surface area (Å²) in [7, 11) is 0. The van der Waals surface area contributed by atoms with Crippen LogP contribution in [0.4, 0.5) is 13.2 Å². The van der Waals surface area contributed by atoms with Crippen molar-refractivity contribution in [2.24, 2.45) is 5.41 Å². The maximum absolute atomic E-state index is 11.8. The van der Waals surface area contributed by atoms with Crippen molar-refractivity contribution >= 4 is 5.97 Å². The minimum atomic E-state index is -4.45. The fourth-order valence-corrected chi connectivity index (χ4v) is 1.30. The molecule has 0 aliphatic rings. The topological polar surface area (TPSA) is 26.3 Å². The van der Waals surface area contributed by atoms with Gasteiger partial charge in [-0.1, -0.05) is 20.3 Å². The molecule has 0 saturated heterocycles. The molecule has 0 heterocycles. The molecule has 0 aromatic heterocycles. The minimum Gasteiger partial charge on any atom is -0.456 e. The zero-order chi connectivity index (χ0) is 12.1. The van der Waals surface area contributed by atoms with Gasteiger partial charge in [-0.15, -0.1) is 0 Å². The van der Waals surface area contributed by atoms with E-state index in [9.17, 15) is 18.0 Å². The quantitative estimate of drug-likeness (QED) is 0.672. The first-order chi connectivity index (χ1) is 6.75. The van der Waals surface area contributed by atoms with Crippen LogP contribution in [0.1, 0.15) is 40.0 Å². The molecule has 0 aromatic rings. The molecule has 15 heavy (non-hydrogen) atoms. The van der Waals surface area contributed by atoms with E-state index in [1.165, 1.54) is 0 Å². The molecule has 0 saturated carbocycles. The van der Waals surface area contributed by atoms with Crippen LogP contribution in [0.15, 0.2) is 0 Å². The van der Waals surface area contributed by atoms with Gasteiger partial charge in [-0.3, -0.25) is 4.79 Å². The lowest BCUT2D eigenvalue weighted by Crippen LogP contribution is -2.32. The van der Waals surface area contributed by atoms with Gasteiger partial charge in [0.2, 0.25) is 0 Å². The van der Waals surface area contributed by atoms with Gasteiger partial charge in [0.25, 0.3) is 0 Å². The first-order valence-corrected chi connectivity index (χ1v) is 4.99. The third-order valence-corrected chi connectivity index (χ3v) is 2.44. The predicted octanol–water partition coefficient (Wildman–Crippen LogP) is 3.31. The van der Waals surface area contributed by atoms with Crippen molar-refractivity contribution in [2.75, 3.05) is 6.61 Å². The standard InChI is InChI=1S/C10H17F3O2/c1-4-6-9(3,5-2)8(14)15-7-10(11,12)13/h4-7H2,1-3H3. The number of carbonyl (C=O) groups excluding carboxylic acids is 1. The van der Waals surface area contributed by atoms with Crippen molar-refractivity contribution < 1.29 is 22.7 Å². The second kappa shape index (κ2) is 5.37. The Bertz CT molecular complexity index is 213. The largest absolute Gasteiger partial charge is 0.456 e. The molecule has 0 N–H and O–H groups in total. The Hall–Kier alpha value is -0.740. The fraction of sp³-hybridized carbons (Fsp3) is 0.900. The fourth-order valence-electron chi connectivity index (χ4n) is 1.30. The molecule has 0 aromatic carbocycles. The lowest BCUT2D eigenvalue weighted by molar-refractivity contribution is -0.193. The molecule has 0 rings (SSSR count). The smallest absolute Gasteiger partial charge is 0.422 e. The van der Waals surface area contributed by atoms with Crippen LogP contribution in [0.25, 0.3) is 0 Å². The van der Waals surface area contributed by atoms with E-state index in [2.05, 4.69) is 4.74 Å². The summed E-state index contributed by atoms with van der Waals surface area (Å²) < 4.78 is 39.7. The van der Waals surface area contributed by atoms with E-state index in [0.29, 0.717) is 12.8 Å². The second-order valence-electron chi connectivity index (χ2n) is 3.86. The zero-order valence-electron chi connectivity index (χ0n) is 9.28.